The van der Waals surface area contributed by atoms with Gasteiger partial charge >= 0.3 is 0 Å². The summed E-state index contributed by atoms with van der Waals surface area (Å²) in [5, 5.41) is 4.24. The van der Waals surface area contributed by atoms with Gasteiger partial charge in [-0.2, -0.15) is 0 Å². The number of halogens is 2. The molecule has 1 aliphatic rings. The van der Waals surface area contributed by atoms with Crippen LogP contribution in [0, 0.1) is 5.92 Å². The van der Waals surface area contributed by atoms with E-state index in [2.05, 4.69) is 21.2 Å². The Hall–Kier alpha value is -0.250. The quantitative estimate of drug-likeness (QED) is 0.889. The molecule has 4 heteroatoms. The lowest BCUT2D eigenvalue weighted by Crippen LogP contribution is -2.27. The monoisotopic (exact) mass is 303 g/mol. The average molecular weight is 305 g/mol. The van der Waals surface area contributed by atoms with E-state index in [-0.39, 0.29) is 0 Å². The van der Waals surface area contributed by atoms with Crippen molar-refractivity contribution in [2.24, 2.45) is 5.92 Å². The summed E-state index contributed by atoms with van der Waals surface area (Å²) in [6, 6.07) is 6.16. The number of ether oxygens (including phenoxy) is 1. The summed E-state index contributed by atoms with van der Waals surface area (Å²) in [6.45, 7) is 0.740. The Labute approximate surface area is 109 Å². The van der Waals surface area contributed by atoms with Crippen LogP contribution in [0.25, 0.3) is 0 Å². The summed E-state index contributed by atoms with van der Waals surface area (Å²) in [6.07, 6.45) is 2.58. The summed E-state index contributed by atoms with van der Waals surface area (Å²) < 4.78 is 6.28. The summed E-state index contributed by atoms with van der Waals surface area (Å²) in [5.74, 6) is 0.742. The highest BCUT2D eigenvalue weighted by Gasteiger charge is 2.31. The SMILES string of the molecule is COCC(Nc1cc(Cl)ccc1Br)C1CC1. The molecule has 0 bridgehead atoms. The zero-order valence-corrected chi connectivity index (χ0v) is 11.5. The van der Waals surface area contributed by atoms with Crippen LogP contribution in [0.15, 0.2) is 22.7 Å². The van der Waals surface area contributed by atoms with Gasteiger partial charge in [-0.25, -0.2) is 0 Å². The number of hydrogen-bond donors (Lipinski definition) is 1. The van der Waals surface area contributed by atoms with Crippen LogP contribution < -0.4 is 5.32 Å². The van der Waals surface area contributed by atoms with Gasteiger partial charge in [0.15, 0.2) is 0 Å². The number of benzene rings is 1. The van der Waals surface area contributed by atoms with Gasteiger partial charge in [-0.15, -0.1) is 0 Å². The Bertz CT molecular complexity index is 368. The highest BCUT2D eigenvalue weighted by Crippen LogP contribution is 2.36. The lowest BCUT2D eigenvalue weighted by molar-refractivity contribution is 0.179. The molecule has 2 rings (SSSR count). The van der Waals surface area contributed by atoms with Crippen LogP contribution in [0.2, 0.25) is 5.02 Å². The lowest BCUT2D eigenvalue weighted by atomic mass is 10.2. The number of anilines is 1. The summed E-state index contributed by atoms with van der Waals surface area (Å²) in [7, 11) is 1.74. The summed E-state index contributed by atoms with van der Waals surface area (Å²) >= 11 is 9.50. The van der Waals surface area contributed by atoms with Gasteiger partial charge in [-0.1, -0.05) is 11.6 Å². The van der Waals surface area contributed by atoms with E-state index in [4.69, 9.17) is 16.3 Å². The van der Waals surface area contributed by atoms with E-state index >= 15 is 0 Å². The van der Waals surface area contributed by atoms with E-state index < -0.39 is 0 Å². The molecule has 1 aliphatic carbocycles. The first-order chi connectivity index (χ1) is 7.70. The molecule has 0 saturated heterocycles. The fourth-order valence-electron chi connectivity index (χ4n) is 1.78. The first kappa shape index (κ1) is 12.2. The maximum absolute atomic E-state index is 5.98. The topological polar surface area (TPSA) is 21.3 Å². The maximum atomic E-state index is 5.98. The molecule has 0 amide bonds. The van der Waals surface area contributed by atoms with Crippen LogP contribution in [0.1, 0.15) is 12.8 Å². The Kier molecular flexibility index (Phi) is 4.11. The lowest BCUT2D eigenvalue weighted by Gasteiger charge is -2.19. The van der Waals surface area contributed by atoms with Crippen molar-refractivity contribution in [3.63, 3.8) is 0 Å². The van der Waals surface area contributed by atoms with Gasteiger partial charge in [0.05, 0.1) is 18.3 Å². The van der Waals surface area contributed by atoms with Crippen molar-refractivity contribution in [3.8, 4) is 0 Å². The predicted molar refractivity (Wildman–Crippen MR) is 71.2 cm³/mol. The van der Waals surface area contributed by atoms with Gasteiger partial charge in [0, 0.05) is 16.6 Å². The molecule has 1 fully saturated rings. The molecular formula is C12H15BrClNO. The minimum atomic E-state index is 0.389. The van der Waals surface area contributed by atoms with Crippen LogP contribution in [0.5, 0.6) is 0 Å². The molecule has 0 aliphatic heterocycles. The molecular weight excluding hydrogens is 289 g/mol. The van der Waals surface area contributed by atoms with Gasteiger partial charge in [0.1, 0.15) is 0 Å². The third-order valence-electron chi connectivity index (χ3n) is 2.81. The smallest absolute Gasteiger partial charge is 0.0666 e. The molecule has 88 valence electrons. The number of rotatable bonds is 5. The Balaban J connectivity index is 2.08. The van der Waals surface area contributed by atoms with Crippen molar-refractivity contribution in [2.75, 3.05) is 19.0 Å². The third-order valence-corrected chi connectivity index (χ3v) is 3.73. The largest absolute Gasteiger partial charge is 0.383 e. The van der Waals surface area contributed by atoms with E-state index in [0.29, 0.717) is 6.04 Å². The molecule has 16 heavy (non-hydrogen) atoms. The van der Waals surface area contributed by atoms with Crippen molar-refractivity contribution < 1.29 is 4.74 Å². The summed E-state index contributed by atoms with van der Waals surface area (Å²) in [5.41, 5.74) is 1.04. The first-order valence-corrected chi connectivity index (χ1v) is 6.58. The van der Waals surface area contributed by atoms with Crippen molar-refractivity contribution in [2.45, 2.75) is 18.9 Å². The minimum Gasteiger partial charge on any atom is -0.383 e. The molecule has 0 aromatic heterocycles. The van der Waals surface area contributed by atoms with Crippen molar-refractivity contribution in [3.05, 3.63) is 27.7 Å². The Morgan fingerprint density at radius 2 is 2.31 bits per heavy atom. The van der Waals surface area contributed by atoms with E-state index in [1.165, 1.54) is 12.8 Å². The molecule has 1 unspecified atom stereocenters. The van der Waals surface area contributed by atoms with Gasteiger partial charge in [0.25, 0.3) is 0 Å². The Morgan fingerprint density at radius 1 is 1.56 bits per heavy atom. The second-order valence-corrected chi connectivity index (χ2v) is 5.46. The standard InChI is InChI=1S/C12H15BrClNO/c1-16-7-12(8-2-3-8)15-11-6-9(14)4-5-10(11)13/h4-6,8,12,15H,2-3,7H2,1H3. The average Bonchev–Trinajstić information content (AvgIpc) is 3.06. The number of nitrogens with one attached hydrogen (secondary N) is 1. The van der Waals surface area contributed by atoms with Crippen LogP contribution in [-0.4, -0.2) is 19.8 Å². The number of hydrogen-bond acceptors (Lipinski definition) is 2. The zero-order valence-electron chi connectivity index (χ0n) is 9.17. The zero-order chi connectivity index (χ0) is 11.5. The van der Waals surface area contributed by atoms with Gasteiger partial charge in [0.2, 0.25) is 0 Å². The van der Waals surface area contributed by atoms with Gasteiger partial charge in [-0.3, -0.25) is 0 Å². The van der Waals surface area contributed by atoms with Crippen molar-refractivity contribution >= 4 is 33.2 Å². The molecule has 0 heterocycles. The second kappa shape index (κ2) is 5.39. The second-order valence-electron chi connectivity index (χ2n) is 4.17. The van der Waals surface area contributed by atoms with E-state index in [0.717, 1.165) is 27.7 Å². The highest BCUT2D eigenvalue weighted by atomic mass is 79.9. The van der Waals surface area contributed by atoms with E-state index in [1.807, 2.05) is 18.2 Å². The summed E-state index contributed by atoms with van der Waals surface area (Å²) in [4.78, 5) is 0. The fourth-order valence-corrected chi connectivity index (χ4v) is 2.31. The maximum Gasteiger partial charge on any atom is 0.0666 e. The fraction of sp³-hybridized carbons (Fsp3) is 0.500. The number of methoxy groups -OCH3 is 1. The van der Waals surface area contributed by atoms with Crippen molar-refractivity contribution in [1.82, 2.24) is 0 Å². The molecule has 1 aromatic rings. The molecule has 1 N–H and O–H groups in total. The van der Waals surface area contributed by atoms with Crippen LogP contribution >= 0.6 is 27.5 Å². The third kappa shape index (κ3) is 3.12. The van der Waals surface area contributed by atoms with E-state index in [9.17, 15) is 0 Å². The molecule has 0 spiro atoms. The van der Waals surface area contributed by atoms with Crippen LogP contribution in [-0.2, 0) is 4.74 Å². The van der Waals surface area contributed by atoms with Crippen LogP contribution in [0.3, 0.4) is 0 Å². The van der Waals surface area contributed by atoms with Crippen LogP contribution in [0.4, 0.5) is 5.69 Å². The Morgan fingerprint density at radius 3 is 2.94 bits per heavy atom. The first-order valence-electron chi connectivity index (χ1n) is 5.41. The minimum absolute atomic E-state index is 0.389. The highest BCUT2D eigenvalue weighted by molar-refractivity contribution is 9.10. The molecule has 2 nitrogen and oxygen atoms in total. The normalized spacial score (nSPS) is 17.2. The van der Waals surface area contributed by atoms with Gasteiger partial charge in [-0.05, 0) is 52.9 Å². The van der Waals surface area contributed by atoms with E-state index in [1.54, 1.807) is 7.11 Å². The molecule has 1 aromatic carbocycles. The molecule has 1 saturated carbocycles. The van der Waals surface area contributed by atoms with Gasteiger partial charge < -0.3 is 10.1 Å². The predicted octanol–water partition coefficient (Wildman–Crippen LogP) is 3.94. The molecule has 1 atom stereocenters. The van der Waals surface area contributed by atoms with Crippen molar-refractivity contribution in [1.29, 1.82) is 0 Å². The molecule has 0 radical (unpaired) electrons.